The number of carboxylic acid groups (broad SMARTS) is 1. The van der Waals surface area contributed by atoms with Crippen LogP contribution in [0.4, 0.5) is 0 Å². The van der Waals surface area contributed by atoms with Crippen LogP contribution >= 0.6 is 0 Å². The van der Waals surface area contributed by atoms with Crippen molar-refractivity contribution in [1.29, 1.82) is 0 Å². The maximum absolute atomic E-state index is 11.8. The average Bonchev–Trinajstić information content (AvgIpc) is 2.84. The minimum atomic E-state index is -1.06. The molecule has 0 aliphatic carbocycles. The fourth-order valence-electron chi connectivity index (χ4n) is 1.28. The number of carboxylic acids is 1. The number of carbonyl (C=O) groups is 2. The van der Waals surface area contributed by atoms with Crippen molar-refractivity contribution in [3.05, 3.63) is 30.2 Å². The van der Waals surface area contributed by atoms with Crippen molar-refractivity contribution in [3.8, 4) is 0 Å². The number of rotatable bonds is 7. The molecule has 0 spiro atoms. The number of hydrogen-bond donors (Lipinski definition) is 1. The van der Waals surface area contributed by atoms with E-state index in [1.165, 1.54) is 30.4 Å². The maximum atomic E-state index is 11.8. The highest BCUT2D eigenvalue weighted by molar-refractivity contribution is 5.93. The van der Waals surface area contributed by atoms with Crippen molar-refractivity contribution in [1.82, 2.24) is 4.90 Å². The van der Waals surface area contributed by atoms with Crippen LogP contribution in [0.25, 0.3) is 6.08 Å². The Morgan fingerprint density at radius 1 is 1.56 bits per heavy atom. The highest BCUT2D eigenvalue weighted by Gasteiger charge is 2.13. The summed E-state index contributed by atoms with van der Waals surface area (Å²) < 4.78 is 9.85. The van der Waals surface area contributed by atoms with Gasteiger partial charge in [-0.05, 0) is 18.2 Å². The van der Waals surface area contributed by atoms with Gasteiger partial charge in [0.25, 0.3) is 0 Å². The van der Waals surface area contributed by atoms with Gasteiger partial charge in [-0.15, -0.1) is 0 Å². The van der Waals surface area contributed by atoms with Crippen LogP contribution in [0.1, 0.15) is 5.76 Å². The summed E-state index contributed by atoms with van der Waals surface area (Å²) >= 11 is 0. The average molecular weight is 253 g/mol. The zero-order chi connectivity index (χ0) is 13.4. The lowest BCUT2D eigenvalue weighted by Gasteiger charge is -2.18. The van der Waals surface area contributed by atoms with Crippen molar-refractivity contribution < 1.29 is 23.8 Å². The first-order chi connectivity index (χ1) is 8.63. The lowest BCUT2D eigenvalue weighted by atomic mass is 10.3. The lowest BCUT2D eigenvalue weighted by molar-refractivity contribution is -0.143. The molecule has 1 aromatic rings. The SMILES string of the molecule is COCCN(CC(=O)O)C(=O)C=Cc1ccco1. The molecule has 6 nitrogen and oxygen atoms in total. The molecule has 1 amide bonds. The predicted octanol–water partition coefficient (Wildman–Crippen LogP) is 0.852. The first-order valence-electron chi connectivity index (χ1n) is 5.34. The summed E-state index contributed by atoms with van der Waals surface area (Å²) in [5.41, 5.74) is 0. The molecule has 0 saturated carbocycles. The van der Waals surface area contributed by atoms with Gasteiger partial charge in [0.2, 0.25) is 5.91 Å². The first kappa shape index (κ1) is 14.0. The molecular formula is C12H15NO5. The summed E-state index contributed by atoms with van der Waals surface area (Å²) in [6, 6.07) is 3.39. The number of carbonyl (C=O) groups excluding carboxylic acids is 1. The Bertz CT molecular complexity index is 410. The Balaban J connectivity index is 2.60. The van der Waals surface area contributed by atoms with Crippen LogP contribution < -0.4 is 0 Å². The number of ether oxygens (including phenoxy) is 1. The standard InChI is InChI=1S/C12H15NO5/c1-17-8-6-13(9-12(15)16)11(14)5-4-10-3-2-7-18-10/h2-5,7H,6,8-9H2,1H3,(H,15,16). The molecule has 1 rings (SSSR count). The van der Waals surface area contributed by atoms with Crippen LogP contribution in [0.3, 0.4) is 0 Å². The van der Waals surface area contributed by atoms with Crippen molar-refractivity contribution in [2.24, 2.45) is 0 Å². The van der Waals surface area contributed by atoms with Crippen LogP contribution in [0.2, 0.25) is 0 Å². The molecule has 1 N–H and O–H groups in total. The zero-order valence-corrected chi connectivity index (χ0v) is 10.0. The third kappa shape index (κ3) is 4.84. The van der Waals surface area contributed by atoms with Gasteiger partial charge in [0, 0.05) is 19.7 Å². The normalized spacial score (nSPS) is 10.7. The van der Waals surface area contributed by atoms with Crippen LogP contribution in [0, 0.1) is 0 Å². The van der Waals surface area contributed by atoms with Crippen molar-refractivity contribution >= 4 is 18.0 Å². The molecule has 18 heavy (non-hydrogen) atoms. The largest absolute Gasteiger partial charge is 0.480 e. The van der Waals surface area contributed by atoms with E-state index in [4.69, 9.17) is 14.3 Å². The van der Waals surface area contributed by atoms with Crippen LogP contribution in [0.5, 0.6) is 0 Å². The summed E-state index contributed by atoms with van der Waals surface area (Å²) in [6.07, 6.45) is 4.26. The van der Waals surface area contributed by atoms with E-state index < -0.39 is 11.9 Å². The molecule has 0 aliphatic rings. The summed E-state index contributed by atoms with van der Waals surface area (Å²) in [5, 5.41) is 8.71. The number of hydrogen-bond acceptors (Lipinski definition) is 4. The molecule has 98 valence electrons. The molecule has 1 heterocycles. The molecule has 0 radical (unpaired) electrons. The Morgan fingerprint density at radius 2 is 2.33 bits per heavy atom. The topological polar surface area (TPSA) is 80.0 Å². The molecule has 0 bridgehead atoms. The molecule has 6 heteroatoms. The number of furan rings is 1. The van der Waals surface area contributed by atoms with E-state index in [-0.39, 0.29) is 19.7 Å². The van der Waals surface area contributed by atoms with Gasteiger partial charge in [0.15, 0.2) is 0 Å². The van der Waals surface area contributed by atoms with Crippen molar-refractivity contribution in [3.63, 3.8) is 0 Å². The summed E-state index contributed by atoms with van der Waals surface area (Å²) in [5.74, 6) is -0.929. The molecular weight excluding hydrogens is 238 g/mol. The van der Waals surface area contributed by atoms with Gasteiger partial charge in [0.1, 0.15) is 12.3 Å². The third-order valence-electron chi connectivity index (χ3n) is 2.14. The van der Waals surface area contributed by atoms with Crippen LogP contribution in [0.15, 0.2) is 28.9 Å². The Hall–Kier alpha value is -2.08. The van der Waals surface area contributed by atoms with Crippen molar-refractivity contribution in [2.45, 2.75) is 0 Å². The second-order valence-corrected chi connectivity index (χ2v) is 3.50. The van der Waals surface area contributed by atoms with E-state index in [9.17, 15) is 9.59 Å². The fraction of sp³-hybridized carbons (Fsp3) is 0.333. The highest BCUT2D eigenvalue weighted by atomic mass is 16.5. The van der Waals surface area contributed by atoms with Gasteiger partial charge in [-0.1, -0.05) is 0 Å². The molecule has 0 aromatic carbocycles. The van der Waals surface area contributed by atoms with E-state index in [2.05, 4.69) is 0 Å². The number of methoxy groups -OCH3 is 1. The molecule has 0 saturated heterocycles. The summed E-state index contributed by atoms with van der Waals surface area (Å²) in [4.78, 5) is 23.6. The fourth-order valence-corrected chi connectivity index (χ4v) is 1.28. The minimum Gasteiger partial charge on any atom is -0.480 e. The summed E-state index contributed by atoms with van der Waals surface area (Å²) in [6.45, 7) is 0.155. The number of nitrogens with zero attached hydrogens (tertiary/aromatic N) is 1. The summed E-state index contributed by atoms with van der Waals surface area (Å²) in [7, 11) is 1.49. The lowest BCUT2D eigenvalue weighted by Crippen LogP contribution is -2.36. The van der Waals surface area contributed by atoms with Crippen LogP contribution in [-0.4, -0.2) is 48.7 Å². The van der Waals surface area contributed by atoms with Gasteiger partial charge in [-0.2, -0.15) is 0 Å². The zero-order valence-electron chi connectivity index (χ0n) is 10.0. The predicted molar refractivity (Wildman–Crippen MR) is 63.8 cm³/mol. The number of aliphatic carboxylic acids is 1. The third-order valence-corrected chi connectivity index (χ3v) is 2.14. The van der Waals surface area contributed by atoms with E-state index in [0.29, 0.717) is 5.76 Å². The first-order valence-corrected chi connectivity index (χ1v) is 5.34. The van der Waals surface area contributed by atoms with E-state index in [1.807, 2.05) is 0 Å². The van der Waals surface area contributed by atoms with Gasteiger partial charge < -0.3 is 19.2 Å². The van der Waals surface area contributed by atoms with Crippen LogP contribution in [-0.2, 0) is 14.3 Å². The maximum Gasteiger partial charge on any atom is 0.323 e. The van der Waals surface area contributed by atoms with Gasteiger partial charge in [0.05, 0.1) is 12.9 Å². The number of amides is 1. The molecule has 0 fully saturated rings. The monoisotopic (exact) mass is 253 g/mol. The van der Waals surface area contributed by atoms with Gasteiger partial charge in [-0.25, -0.2) is 0 Å². The quantitative estimate of drug-likeness (QED) is 0.729. The van der Waals surface area contributed by atoms with E-state index in [0.717, 1.165) is 0 Å². The van der Waals surface area contributed by atoms with Gasteiger partial charge >= 0.3 is 5.97 Å². The minimum absolute atomic E-state index is 0.226. The smallest absolute Gasteiger partial charge is 0.323 e. The Labute approximate surface area is 104 Å². The molecule has 0 unspecified atom stereocenters. The second kappa shape index (κ2) is 7.29. The molecule has 0 aliphatic heterocycles. The molecule has 1 aromatic heterocycles. The van der Waals surface area contributed by atoms with Gasteiger partial charge in [-0.3, -0.25) is 9.59 Å². The Morgan fingerprint density at radius 3 is 2.89 bits per heavy atom. The molecule has 0 atom stereocenters. The highest BCUT2D eigenvalue weighted by Crippen LogP contribution is 2.03. The van der Waals surface area contributed by atoms with E-state index >= 15 is 0 Å². The Kier molecular flexibility index (Phi) is 5.66. The van der Waals surface area contributed by atoms with E-state index in [1.54, 1.807) is 12.1 Å². The van der Waals surface area contributed by atoms with Crippen molar-refractivity contribution in [2.75, 3.05) is 26.8 Å². The second-order valence-electron chi connectivity index (χ2n) is 3.50.